The molecule has 1 aromatic heterocycles. The van der Waals surface area contributed by atoms with Gasteiger partial charge in [-0.3, -0.25) is 0 Å². The lowest BCUT2D eigenvalue weighted by Gasteiger charge is -1.99. The summed E-state index contributed by atoms with van der Waals surface area (Å²) in [5.41, 5.74) is 5.74. The third kappa shape index (κ3) is 2.81. The smallest absolute Gasteiger partial charge is 0.243 e. The van der Waals surface area contributed by atoms with Gasteiger partial charge in [-0.15, -0.1) is 0 Å². The molecule has 0 amide bonds. The molecule has 1 atom stereocenters. The molecule has 13 heavy (non-hydrogen) atoms. The first kappa shape index (κ1) is 10.2. The second kappa shape index (κ2) is 4.37. The normalized spacial score (nSPS) is 13.6. The van der Waals surface area contributed by atoms with E-state index in [0.29, 0.717) is 11.8 Å². The monoisotopic (exact) mass is 183 g/mol. The highest BCUT2D eigenvalue weighted by molar-refractivity contribution is 4.91. The van der Waals surface area contributed by atoms with Gasteiger partial charge in [-0.1, -0.05) is 25.9 Å². The molecule has 0 aliphatic carbocycles. The molecule has 0 saturated carbocycles. The van der Waals surface area contributed by atoms with E-state index in [1.54, 1.807) is 0 Å². The Balaban J connectivity index is 2.63. The van der Waals surface area contributed by atoms with Crippen LogP contribution in [0.1, 0.15) is 44.9 Å². The summed E-state index contributed by atoms with van der Waals surface area (Å²) in [6.07, 6.45) is 1.67. The molecule has 4 nitrogen and oxygen atoms in total. The minimum atomic E-state index is -0.117. The van der Waals surface area contributed by atoms with E-state index in [-0.39, 0.29) is 6.04 Å². The lowest BCUT2D eigenvalue weighted by Crippen LogP contribution is -2.09. The first-order valence-corrected chi connectivity index (χ1v) is 4.71. The molecule has 0 saturated heterocycles. The van der Waals surface area contributed by atoms with Crippen molar-refractivity contribution in [3.05, 3.63) is 11.7 Å². The molecule has 0 aromatic carbocycles. The standard InChI is InChI=1S/C9H17N3O/c1-4-7(10)9-11-8(12-13-9)5-6(2)3/h6-7H,4-5,10H2,1-3H3/t7-/m1/s1. The zero-order valence-electron chi connectivity index (χ0n) is 8.45. The van der Waals surface area contributed by atoms with Crippen molar-refractivity contribution in [2.75, 3.05) is 0 Å². The van der Waals surface area contributed by atoms with Gasteiger partial charge in [0.25, 0.3) is 0 Å². The van der Waals surface area contributed by atoms with E-state index in [4.69, 9.17) is 10.3 Å². The molecular formula is C9H17N3O. The van der Waals surface area contributed by atoms with Crippen LogP contribution in [0, 0.1) is 5.92 Å². The number of nitrogens with two attached hydrogens (primary N) is 1. The van der Waals surface area contributed by atoms with Crippen molar-refractivity contribution in [1.82, 2.24) is 10.1 Å². The average molecular weight is 183 g/mol. The van der Waals surface area contributed by atoms with Crippen molar-refractivity contribution in [3.8, 4) is 0 Å². The molecule has 4 heteroatoms. The van der Waals surface area contributed by atoms with Crippen molar-refractivity contribution in [1.29, 1.82) is 0 Å². The molecule has 0 aliphatic heterocycles. The van der Waals surface area contributed by atoms with E-state index in [1.165, 1.54) is 0 Å². The van der Waals surface area contributed by atoms with E-state index in [9.17, 15) is 0 Å². The number of rotatable bonds is 4. The van der Waals surface area contributed by atoms with Crippen LogP contribution in [0.2, 0.25) is 0 Å². The number of hydrogen-bond donors (Lipinski definition) is 1. The fourth-order valence-corrected chi connectivity index (χ4v) is 1.04. The zero-order valence-corrected chi connectivity index (χ0v) is 8.45. The molecule has 0 unspecified atom stereocenters. The van der Waals surface area contributed by atoms with Crippen LogP contribution in [0.5, 0.6) is 0 Å². The maximum Gasteiger partial charge on any atom is 0.243 e. The topological polar surface area (TPSA) is 64.9 Å². The summed E-state index contributed by atoms with van der Waals surface area (Å²) in [5.74, 6) is 1.86. The van der Waals surface area contributed by atoms with Gasteiger partial charge in [0.2, 0.25) is 5.89 Å². The number of aromatic nitrogens is 2. The van der Waals surface area contributed by atoms with Gasteiger partial charge in [-0.25, -0.2) is 0 Å². The summed E-state index contributed by atoms with van der Waals surface area (Å²) >= 11 is 0. The van der Waals surface area contributed by atoms with Gasteiger partial charge in [0.05, 0.1) is 6.04 Å². The first-order chi connectivity index (χ1) is 6.13. The Morgan fingerprint density at radius 2 is 2.15 bits per heavy atom. The largest absolute Gasteiger partial charge is 0.338 e. The third-order valence-electron chi connectivity index (χ3n) is 1.83. The molecular weight excluding hydrogens is 166 g/mol. The van der Waals surface area contributed by atoms with Gasteiger partial charge in [-0.2, -0.15) is 4.98 Å². The maximum atomic E-state index is 5.74. The van der Waals surface area contributed by atoms with Gasteiger partial charge in [0.15, 0.2) is 5.82 Å². The van der Waals surface area contributed by atoms with Crippen molar-refractivity contribution >= 4 is 0 Å². The molecule has 0 spiro atoms. The fourth-order valence-electron chi connectivity index (χ4n) is 1.04. The average Bonchev–Trinajstić information content (AvgIpc) is 2.50. The predicted octanol–water partition coefficient (Wildman–Crippen LogP) is 1.68. The lowest BCUT2D eigenvalue weighted by molar-refractivity contribution is 0.347. The van der Waals surface area contributed by atoms with Crippen molar-refractivity contribution < 1.29 is 4.52 Å². The Kier molecular flexibility index (Phi) is 3.42. The molecule has 1 heterocycles. The van der Waals surface area contributed by atoms with Crippen LogP contribution >= 0.6 is 0 Å². The zero-order chi connectivity index (χ0) is 9.84. The molecule has 1 aromatic rings. The van der Waals surface area contributed by atoms with Crippen LogP contribution < -0.4 is 5.73 Å². The lowest BCUT2D eigenvalue weighted by atomic mass is 10.1. The Hall–Kier alpha value is -0.900. The van der Waals surface area contributed by atoms with Gasteiger partial charge >= 0.3 is 0 Å². The van der Waals surface area contributed by atoms with E-state index in [0.717, 1.165) is 18.7 Å². The predicted molar refractivity (Wildman–Crippen MR) is 50.1 cm³/mol. The first-order valence-electron chi connectivity index (χ1n) is 4.71. The Bertz CT molecular complexity index is 257. The maximum absolute atomic E-state index is 5.74. The van der Waals surface area contributed by atoms with Gasteiger partial charge in [-0.05, 0) is 12.3 Å². The molecule has 0 bridgehead atoms. The molecule has 1 rings (SSSR count). The minimum absolute atomic E-state index is 0.117. The summed E-state index contributed by atoms with van der Waals surface area (Å²) in [4.78, 5) is 4.22. The van der Waals surface area contributed by atoms with Gasteiger partial charge < -0.3 is 10.3 Å². The summed E-state index contributed by atoms with van der Waals surface area (Å²) < 4.78 is 5.03. The van der Waals surface area contributed by atoms with E-state index >= 15 is 0 Å². The van der Waals surface area contributed by atoms with Crippen LogP contribution in [0.15, 0.2) is 4.52 Å². The van der Waals surface area contributed by atoms with Crippen LogP contribution in [0.4, 0.5) is 0 Å². The third-order valence-corrected chi connectivity index (χ3v) is 1.83. The highest BCUT2D eigenvalue weighted by Crippen LogP contribution is 2.12. The second-order valence-electron chi connectivity index (χ2n) is 3.66. The van der Waals surface area contributed by atoms with Gasteiger partial charge in [0, 0.05) is 6.42 Å². The number of nitrogens with zero attached hydrogens (tertiary/aromatic N) is 2. The van der Waals surface area contributed by atoms with E-state index < -0.39 is 0 Å². The quantitative estimate of drug-likeness (QED) is 0.771. The molecule has 0 fully saturated rings. The summed E-state index contributed by atoms with van der Waals surface area (Å²) in [5, 5.41) is 3.86. The van der Waals surface area contributed by atoms with E-state index in [2.05, 4.69) is 24.0 Å². The number of hydrogen-bond acceptors (Lipinski definition) is 4. The Morgan fingerprint density at radius 3 is 2.69 bits per heavy atom. The van der Waals surface area contributed by atoms with Crippen LogP contribution in [0.25, 0.3) is 0 Å². The summed E-state index contributed by atoms with van der Waals surface area (Å²) in [6.45, 7) is 6.24. The Labute approximate surface area is 78.5 Å². The Morgan fingerprint density at radius 1 is 1.46 bits per heavy atom. The SMILES string of the molecule is CC[C@@H](N)c1nc(CC(C)C)no1. The fraction of sp³-hybridized carbons (Fsp3) is 0.778. The minimum Gasteiger partial charge on any atom is -0.338 e. The molecule has 74 valence electrons. The molecule has 0 aliphatic rings. The van der Waals surface area contributed by atoms with Crippen molar-refractivity contribution in [2.24, 2.45) is 11.7 Å². The highest BCUT2D eigenvalue weighted by Gasteiger charge is 2.12. The second-order valence-corrected chi connectivity index (χ2v) is 3.66. The molecule has 2 N–H and O–H groups in total. The van der Waals surface area contributed by atoms with Crippen molar-refractivity contribution in [3.63, 3.8) is 0 Å². The molecule has 0 radical (unpaired) electrons. The summed E-state index contributed by atoms with van der Waals surface area (Å²) in [6, 6.07) is -0.117. The van der Waals surface area contributed by atoms with Crippen LogP contribution in [-0.2, 0) is 6.42 Å². The van der Waals surface area contributed by atoms with Crippen LogP contribution in [0.3, 0.4) is 0 Å². The van der Waals surface area contributed by atoms with Crippen LogP contribution in [-0.4, -0.2) is 10.1 Å². The van der Waals surface area contributed by atoms with Gasteiger partial charge in [0.1, 0.15) is 0 Å². The van der Waals surface area contributed by atoms with Crippen molar-refractivity contribution in [2.45, 2.75) is 39.7 Å². The highest BCUT2D eigenvalue weighted by atomic mass is 16.5. The summed E-state index contributed by atoms with van der Waals surface area (Å²) in [7, 11) is 0. The van der Waals surface area contributed by atoms with E-state index in [1.807, 2.05) is 6.92 Å².